The average Bonchev–Trinajstić information content (AvgIpc) is 2.04. The van der Waals surface area contributed by atoms with E-state index in [2.05, 4.69) is 5.18 Å². The summed E-state index contributed by atoms with van der Waals surface area (Å²) in [5, 5.41) is 11.9. The first-order chi connectivity index (χ1) is 5.25. The van der Waals surface area contributed by atoms with Crippen molar-refractivity contribution in [1.82, 2.24) is 0 Å². The molecule has 1 rings (SSSR count). The molecule has 0 heterocycles. The first kappa shape index (κ1) is 7.88. The summed E-state index contributed by atoms with van der Waals surface area (Å²) >= 11 is 0. The molecule has 0 aliphatic carbocycles. The summed E-state index contributed by atoms with van der Waals surface area (Å²) in [6.45, 7) is 1.60. The van der Waals surface area contributed by atoms with Crippen molar-refractivity contribution >= 4 is 5.69 Å². The molecule has 0 radical (unpaired) electrons. The second-order valence-electron chi connectivity index (χ2n) is 2.33. The molecule has 0 aliphatic rings. The lowest BCUT2D eigenvalue weighted by Gasteiger charge is -2.04. The monoisotopic (exact) mass is 151 g/mol. The highest BCUT2D eigenvalue weighted by Crippen LogP contribution is 2.24. The van der Waals surface area contributed by atoms with Crippen LogP contribution in [0.25, 0.3) is 0 Å². The van der Waals surface area contributed by atoms with Crippen LogP contribution in [0.1, 0.15) is 18.6 Å². The smallest absolute Gasteiger partial charge is 0.113 e. The Bertz CT molecular complexity index is 258. The summed E-state index contributed by atoms with van der Waals surface area (Å²) < 4.78 is 0. The fourth-order valence-corrected chi connectivity index (χ4v) is 0.924. The lowest BCUT2D eigenvalue weighted by Crippen LogP contribution is -1.89. The molecule has 0 amide bonds. The molecule has 1 aromatic rings. The van der Waals surface area contributed by atoms with E-state index in [0.717, 1.165) is 0 Å². The minimum atomic E-state index is -0.635. The van der Waals surface area contributed by atoms with Gasteiger partial charge in [0.2, 0.25) is 0 Å². The van der Waals surface area contributed by atoms with Crippen LogP contribution in [0, 0.1) is 4.91 Å². The Kier molecular flexibility index (Phi) is 2.33. The molecule has 0 fully saturated rings. The third-order valence-electron chi connectivity index (χ3n) is 1.49. The van der Waals surface area contributed by atoms with E-state index in [1.165, 1.54) is 0 Å². The molecule has 58 valence electrons. The Morgan fingerprint density at radius 1 is 1.45 bits per heavy atom. The van der Waals surface area contributed by atoms with Gasteiger partial charge < -0.3 is 5.11 Å². The van der Waals surface area contributed by atoms with Crippen LogP contribution in [-0.4, -0.2) is 5.11 Å². The van der Waals surface area contributed by atoms with Gasteiger partial charge in [0, 0.05) is 5.56 Å². The minimum absolute atomic E-state index is 0.308. The molecule has 1 atom stereocenters. The van der Waals surface area contributed by atoms with Crippen LogP contribution in [0.4, 0.5) is 5.69 Å². The van der Waals surface area contributed by atoms with Gasteiger partial charge in [0.25, 0.3) is 0 Å². The lowest BCUT2D eigenvalue weighted by molar-refractivity contribution is 0.200. The summed E-state index contributed by atoms with van der Waals surface area (Å²) in [5.74, 6) is 0. The summed E-state index contributed by atoms with van der Waals surface area (Å²) in [6.07, 6.45) is -0.635. The zero-order chi connectivity index (χ0) is 8.27. The number of aliphatic hydroxyl groups excluding tert-OH is 1. The van der Waals surface area contributed by atoms with Crippen LogP contribution >= 0.6 is 0 Å². The van der Waals surface area contributed by atoms with E-state index >= 15 is 0 Å². The van der Waals surface area contributed by atoms with Crippen molar-refractivity contribution in [2.45, 2.75) is 13.0 Å². The molecule has 0 aliphatic heterocycles. The summed E-state index contributed by atoms with van der Waals surface area (Å²) in [7, 11) is 0. The van der Waals surface area contributed by atoms with Crippen LogP contribution in [-0.2, 0) is 0 Å². The first-order valence-electron chi connectivity index (χ1n) is 3.36. The maximum Gasteiger partial charge on any atom is 0.113 e. The van der Waals surface area contributed by atoms with Gasteiger partial charge in [-0.15, -0.1) is 4.91 Å². The number of hydrogen-bond donors (Lipinski definition) is 1. The Hall–Kier alpha value is -1.22. The predicted molar refractivity (Wildman–Crippen MR) is 42.5 cm³/mol. The second-order valence-corrected chi connectivity index (χ2v) is 2.33. The van der Waals surface area contributed by atoms with Gasteiger partial charge in [-0.1, -0.05) is 18.2 Å². The first-order valence-corrected chi connectivity index (χ1v) is 3.36. The maximum absolute atomic E-state index is 10.2. The van der Waals surface area contributed by atoms with Crippen molar-refractivity contribution in [2.75, 3.05) is 0 Å². The van der Waals surface area contributed by atoms with Crippen LogP contribution in [0.15, 0.2) is 29.4 Å². The molecule has 0 saturated carbocycles. The summed E-state index contributed by atoms with van der Waals surface area (Å²) in [5.41, 5.74) is 0.880. The highest BCUT2D eigenvalue weighted by Gasteiger charge is 2.05. The molecular formula is C8H9NO2. The topological polar surface area (TPSA) is 49.7 Å². The second kappa shape index (κ2) is 3.25. The number of aliphatic hydroxyl groups is 1. The van der Waals surface area contributed by atoms with Gasteiger partial charge in [0.15, 0.2) is 0 Å². The predicted octanol–water partition coefficient (Wildman–Crippen LogP) is 2.14. The highest BCUT2D eigenvalue weighted by molar-refractivity contribution is 5.46. The van der Waals surface area contributed by atoms with Crippen molar-refractivity contribution in [1.29, 1.82) is 0 Å². The van der Waals surface area contributed by atoms with Crippen molar-refractivity contribution < 1.29 is 5.11 Å². The van der Waals surface area contributed by atoms with E-state index in [9.17, 15) is 4.91 Å². The molecule has 0 aromatic heterocycles. The molecule has 11 heavy (non-hydrogen) atoms. The Balaban J connectivity index is 3.12. The standard InChI is InChI=1S/C8H9NO2/c1-6(10)7-4-2-3-5-8(7)9-11/h2-6,10H,1H3/t6-/m1/s1. The molecule has 3 nitrogen and oxygen atoms in total. The van der Waals surface area contributed by atoms with Crippen molar-refractivity contribution in [3.8, 4) is 0 Å². The van der Waals surface area contributed by atoms with Gasteiger partial charge in [-0.3, -0.25) is 0 Å². The third-order valence-corrected chi connectivity index (χ3v) is 1.49. The molecule has 0 saturated heterocycles. The summed E-state index contributed by atoms with van der Waals surface area (Å²) in [4.78, 5) is 10.2. The van der Waals surface area contributed by atoms with Crippen molar-refractivity contribution in [2.24, 2.45) is 5.18 Å². The zero-order valence-corrected chi connectivity index (χ0v) is 6.19. The van der Waals surface area contributed by atoms with Crippen molar-refractivity contribution in [3.05, 3.63) is 34.7 Å². The number of hydrogen-bond acceptors (Lipinski definition) is 3. The van der Waals surface area contributed by atoms with Gasteiger partial charge in [-0.25, -0.2) is 0 Å². The molecule has 3 heteroatoms. The minimum Gasteiger partial charge on any atom is -0.389 e. The Morgan fingerprint density at radius 2 is 2.09 bits per heavy atom. The molecule has 1 N–H and O–H groups in total. The quantitative estimate of drug-likeness (QED) is 0.658. The number of nitroso groups, excluding NO2 is 1. The lowest BCUT2D eigenvalue weighted by atomic mass is 10.1. The van der Waals surface area contributed by atoms with Gasteiger partial charge in [-0.2, -0.15) is 0 Å². The molecule has 0 unspecified atom stereocenters. The van der Waals surface area contributed by atoms with Crippen molar-refractivity contribution in [3.63, 3.8) is 0 Å². The maximum atomic E-state index is 10.2. The molecule has 0 bridgehead atoms. The van der Waals surface area contributed by atoms with Gasteiger partial charge in [0.1, 0.15) is 5.69 Å². The third kappa shape index (κ3) is 1.62. The van der Waals surface area contributed by atoms with Crippen LogP contribution < -0.4 is 0 Å². The molecular weight excluding hydrogens is 142 g/mol. The number of benzene rings is 1. The normalized spacial score (nSPS) is 12.5. The van der Waals surface area contributed by atoms with E-state index in [1.807, 2.05) is 0 Å². The van der Waals surface area contributed by atoms with Gasteiger partial charge in [0.05, 0.1) is 6.10 Å². The van der Waals surface area contributed by atoms with E-state index in [4.69, 9.17) is 5.11 Å². The fraction of sp³-hybridized carbons (Fsp3) is 0.250. The van der Waals surface area contributed by atoms with E-state index < -0.39 is 6.10 Å². The van der Waals surface area contributed by atoms with E-state index in [1.54, 1.807) is 31.2 Å². The van der Waals surface area contributed by atoms with E-state index in [-0.39, 0.29) is 0 Å². The Labute approximate surface area is 64.7 Å². The van der Waals surface area contributed by atoms with Gasteiger partial charge in [-0.05, 0) is 18.2 Å². The van der Waals surface area contributed by atoms with Crippen LogP contribution in [0.2, 0.25) is 0 Å². The largest absolute Gasteiger partial charge is 0.389 e. The molecule has 0 spiro atoms. The van der Waals surface area contributed by atoms with Crippen LogP contribution in [0.5, 0.6) is 0 Å². The number of nitrogens with zero attached hydrogens (tertiary/aromatic N) is 1. The van der Waals surface area contributed by atoms with E-state index in [0.29, 0.717) is 11.3 Å². The Morgan fingerprint density at radius 3 is 2.55 bits per heavy atom. The SMILES string of the molecule is C[C@@H](O)c1ccccc1N=O. The molecule has 1 aromatic carbocycles. The summed E-state index contributed by atoms with van der Waals surface area (Å²) in [6, 6.07) is 6.73. The fourth-order valence-electron chi connectivity index (χ4n) is 0.924. The zero-order valence-electron chi connectivity index (χ0n) is 6.19. The average molecular weight is 151 g/mol. The van der Waals surface area contributed by atoms with Crippen LogP contribution in [0.3, 0.4) is 0 Å². The number of rotatable bonds is 2. The highest BCUT2D eigenvalue weighted by atomic mass is 16.3. The van der Waals surface area contributed by atoms with Gasteiger partial charge >= 0.3 is 0 Å².